The molecular formula is C59H72O17. The molecule has 2 saturated heterocycles. The minimum atomic E-state index is -0.889. The van der Waals surface area contributed by atoms with Gasteiger partial charge in [-0.2, -0.15) is 0 Å². The molecule has 6 aliphatic rings. The Labute approximate surface area is 444 Å². The topological polar surface area (TPSA) is 191 Å². The summed E-state index contributed by atoms with van der Waals surface area (Å²) in [6, 6.07) is 15.7. The normalized spacial score (nSPS) is 30.2. The number of rotatable bonds is 10. The zero-order valence-corrected chi connectivity index (χ0v) is 44.6. The largest absolute Gasteiger partial charge is 0.497 e. The van der Waals surface area contributed by atoms with Crippen LogP contribution in [0.2, 0.25) is 0 Å². The van der Waals surface area contributed by atoms with Crippen molar-refractivity contribution in [2.75, 3.05) is 42.0 Å². The molecule has 76 heavy (non-hydrogen) atoms. The van der Waals surface area contributed by atoms with Crippen molar-refractivity contribution in [3.63, 3.8) is 0 Å². The summed E-state index contributed by atoms with van der Waals surface area (Å²) in [6.07, 6.45) is 16.8. The van der Waals surface area contributed by atoms with Gasteiger partial charge in [0.1, 0.15) is 70.7 Å². The van der Waals surface area contributed by atoms with Crippen LogP contribution in [0.5, 0.6) is 23.0 Å². The van der Waals surface area contributed by atoms with Gasteiger partial charge in [-0.15, -0.1) is 0 Å². The average molecular weight is 1050 g/mol. The SMILES string of the molecule is COCOc1cc(OC)cc2c1C(=O)O[C@@H]1CCC[C@H]1/C=C\C(O)[C@H]1OC(C)(C)O[C@H]1C/C=C/2.COCOc1cc(OC)cc2c1C(=O)O[C@@H]1CCC[C@H]1/C=C\C(OC(=O)c1ccccc1)[C@H]1OC(C)(C)O[C@H]1C/C=C/2. The maximum Gasteiger partial charge on any atom is 0.342 e. The molecule has 2 unspecified atom stereocenters. The number of methoxy groups -OCH3 is 4. The first-order valence-electron chi connectivity index (χ1n) is 26.0. The van der Waals surface area contributed by atoms with Crippen molar-refractivity contribution in [1.29, 1.82) is 0 Å². The third-order valence-corrected chi connectivity index (χ3v) is 14.1. The van der Waals surface area contributed by atoms with Gasteiger partial charge in [0.15, 0.2) is 25.2 Å². The summed E-state index contributed by atoms with van der Waals surface area (Å²) < 4.78 is 75.4. The lowest BCUT2D eigenvalue weighted by molar-refractivity contribution is -0.153. The second-order valence-corrected chi connectivity index (χ2v) is 20.4. The van der Waals surface area contributed by atoms with E-state index >= 15 is 0 Å². The number of aliphatic hydroxyl groups is 1. The number of hydrogen-bond acceptors (Lipinski definition) is 17. The molecule has 0 aromatic heterocycles. The highest BCUT2D eigenvalue weighted by molar-refractivity contribution is 5.98. The van der Waals surface area contributed by atoms with Gasteiger partial charge in [-0.3, -0.25) is 0 Å². The Kier molecular flexibility index (Phi) is 18.8. The number of esters is 3. The monoisotopic (exact) mass is 1050 g/mol. The lowest BCUT2D eigenvalue weighted by atomic mass is 9.98. The second-order valence-electron chi connectivity index (χ2n) is 20.4. The molecule has 3 aromatic carbocycles. The van der Waals surface area contributed by atoms with E-state index in [4.69, 9.17) is 61.6 Å². The summed E-state index contributed by atoms with van der Waals surface area (Å²) in [6.45, 7) is 7.31. The Morgan fingerprint density at radius 1 is 0.605 bits per heavy atom. The van der Waals surface area contributed by atoms with Crippen LogP contribution in [0.25, 0.3) is 12.2 Å². The minimum Gasteiger partial charge on any atom is -0.497 e. The third kappa shape index (κ3) is 13.9. The number of ether oxygens (including phenoxy) is 13. The molecular weight excluding hydrogens is 981 g/mol. The highest BCUT2D eigenvalue weighted by Crippen LogP contribution is 2.40. The molecule has 0 bridgehead atoms. The average Bonchev–Trinajstić information content (AvgIpc) is 4.20. The van der Waals surface area contributed by atoms with Crippen molar-refractivity contribution in [3.8, 4) is 23.0 Å². The highest BCUT2D eigenvalue weighted by Gasteiger charge is 2.47. The van der Waals surface area contributed by atoms with Gasteiger partial charge in [-0.1, -0.05) is 60.7 Å². The molecule has 0 spiro atoms. The predicted octanol–water partition coefficient (Wildman–Crippen LogP) is 9.58. The van der Waals surface area contributed by atoms with Crippen LogP contribution in [-0.4, -0.2) is 125 Å². The molecule has 17 nitrogen and oxygen atoms in total. The summed E-state index contributed by atoms with van der Waals surface area (Å²) in [5.41, 5.74) is 2.25. The van der Waals surface area contributed by atoms with Crippen molar-refractivity contribution < 1.29 is 81.1 Å². The molecule has 1 N–H and O–H groups in total. The first kappa shape index (κ1) is 56.2. The second kappa shape index (κ2) is 25.4. The molecule has 4 fully saturated rings. The van der Waals surface area contributed by atoms with Crippen LogP contribution < -0.4 is 18.9 Å². The maximum absolute atomic E-state index is 13.7. The van der Waals surface area contributed by atoms with Gasteiger partial charge >= 0.3 is 17.9 Å². The Balaban J connectivity index is 0.000000206. The fourth-order valence-corrected chi connectivity index (χ4v) is 10.6. The van der Waals surface area contributed by atoms with Gasteiger partial charge < -0.3 is 66.7 Å². The summed E-state index contributed by atoms with van der Waals surface area (Å²) in [5.74, 6) is -1.44. The minimum absolute atomic E-state index is 0.0101. The van der Waals surface area contributed by atoms with Crippen LogP contribution in [-0.2, 0) is 42.6 Å². The number of aliphatic hydroxyl groups excluding tert-OH is 1. The zero-order chi connectivity index (χ0) is 54.0. The van der Waals surface area contributed by atoms with E-state index in [0.717, 1.165) is 32.1 Å². The zero-order valence-electron chi connectivity index (χ0n) is 44.6. The molecule has 0 radical (unpaired) electrons. The van der Waals surface area contributed by atoms with Crippen LogP contribution in [0.3, 0.4) is 0 Å². The van der Waals surface area contributed by atoms with Crippen molar-refractivity contribution >= 4 is 30.1 Å². The standard InChI is InChI=1S/C33H38O9.C26H34O8/c1-33(2)41-27-15-9-13-23-18-24(37-4)19-28(38-20-36-3)29(23)32(35)39-25-14-8-12-21(25)16-17-26(30(27)42-33)40-31(34)22-10-6-5-7-11-22;1-26(2)33-21-10-6-8-17-13-18(30-4)14-22(31-15-29-3)23(17)25(28)32-20-9-5-7-16(20)11-12-19(27)24(21)34-26/h5-7,9-11,13,16-19,21,25-27,30H,8,12,14-15,20H2,1-4H3;6,8,11-14,16,19-21,24,27H,5,7,9-10,15H2,1-4H3/b13-9+,17-16-;8-6+,12-11-/t21-,25+,26?,27-,30+;16-,19?,20+,21-,24+/m00/s1. The molecule has 10 atom stereocenters. The molecule has 9 rings (SSSR count). The Hall–Kier alpha value is -6.05. The number of carbonyl (C=O) groups excluding carboxylic acids is 3. The summed E-state index contributed by atoms with van der Waals surface area (Å²) in [5, 5.41) is 10.9. The van der Waals surface area contributed by atoms with Crippen molar-refractivity contribution in [2.24, 2.45) is 11.8 Å². The molecule has 4 aliphatic heterocycles. The third-order valence-electron chi connectivity index (χ3n) is 14.1. The summed E-state index contributed by atoms with van der Waals surface area (Å²) in [7, 11) is 6.14. The molecule has 410 valence electrons. The van der Waals surface area contributed by atoms with Gasteiger partial charge in [0, 0.05) is 38.2 Å². The quantitative estimate of drug-likeness (QED) is 0.0873. The van der Waals surface area contributed by atoms with E-state index in [1.165, 1.54) is 14.2 Å². The molecule has 4 heterocycles. The van der Waals surface area contributed by atoms with Crippen LogP contribution in [0.4, 0.5) is 0 Å². The Morgan fingerprint density at radius 3 is 1.59 bits per heavy atom. The van der Waals surface area contributed by atoms with Gasteiger partial charge in [0.2, 0.25) is 0 Å². The molecule has 2 saturated carbocycles. The van der Waals surface area contributed by atoms with Gasteiger partial charge in [-0.25, -0.2) is 14.4 Å². The number of benzene rings is 3. The van der Waals surface area contributed by atoms with E-state index < -0.39 is 60.0 Å². The lowest BCUT2D eigenvalue weighted by Gasteiger charge is -2.25. The van der Waals surface area contributed by atoms with E-state index in [-0.39, 0.29) is 43.7 Å². The number of fused-ring (bicyclic) bond motifs is 6. The van der Waals surface area contributed by atoms with Crippen molar-refractivity contribution in [3.05, 3.63) is 119 Å². The number of hydrogen-bond donors (Lipinski definition) is 1. The van der Waals surface area contributed by atoms with Crippen LogP contribution in [0.15, 0.2) is 91.1 Å². The fourth-order valence-electron chi connectivity index (χ4n) is 10.6. The van der Waals surface area contributed by atoms with E-state index in [9.17, 15) is 19.5 Å². The van der Waals surface area contributed by atoms with E-state index in [1.54, 1.807) is 68.8 Å². The van der Waals surface area contributed by atoms with E-state index in [1.807, 2.05) is 76.3 Å². The highest BCUT2D eigenvalue weighted by atomic mass is 16.8. The number of carbonyl (C=O) groups is 3. The van der Waals surface area contributed by atoms with Crippen LogP contribution in [0.1, 0.15) is 121 Å². The lowest BCUT2D eigenvalue weighted by Crippen LogP contribution is -2.37. The summed E-state index contributed by atoms with van der Waals surface area (Å²) >= 11 is 0. The van der Waals surface area contributed by atoms with Crippen LogP contribution >= 0.6 is 0 Å². The van der Waals surface area contributed by atoms with Crippen LogP contribution in [0, 0.1) is 11.8 Å². The summed E-state index contributed by atoms with van der Waals surface area (Å²) in [4.78, 5) is 40.2. The van der Waals surface area contributed by atoms with E-state index in [2.05, 4.69) is 0 Å². The van der Waals surface area contributed by atoms with Crippen molar-refractivity contribution in [1.82, 2.24) is 0 Å². The van der Waals surface area contributed by atoms with Gasteiger partial charge in [0.25, 0.3) is 0 Å². The maximum atomic E-state index is 13.7. The molecule has 17 heteroatoms. The smallest absolute Gasteiger partial charge is 0.342 e. The predicted molar refractivity (Wildman–Crippen MR) is 279 cm³/mol. The fraction of sp³-hybridized carbons (Fsp3) is 0.508. The van der Waals surface area contributed by atoms with Gasteiger partial charge in [-0.05, 0) is 121 Å². The first-order valence-corrected chi connectivity index (χ1v) is 26.0. The first-order chi connectivity index (χ1) is 36.6. The van der Waals surface area contributed by atoms with Gasteiger partial charge in [0.05, 0.1) is 32.0 Å². The molecule has 0 amide bonds. The molecule has 2 aliphatic carbocycles. The Bertz CT molecular complexity index is 2600. The molecule has 3 aromatic rings. The van der Waals surface area contributed by atoms with E-state index in [0.29, 0.717) is 70.1 Å². The Morgan fingerprint density at radius 2 is 1.09 bits per heavy atom. The van der Waals surface area contributed by atoms with Crippen molar-refractivity contribution in [2.45, 2.75) is 139 Å².